The van der Waals surface area contributed by atoms with Crippen molar-refractivity contribution in [3.63, 3.8) is 0 Å². The molecule has 1 fully saturated rings. The number of rotatable bonds is 5. The Kier molecular flexibility index (Phi) is 6.90. The van der Waals surface area contributed by atoms with Crippen LogP contribution in [0.2, 0.25) is 5.02 Å². The first-order chi connectivity index (χ1) is 14.5. The molecule has 3 rings (SSSR count). The molecular formula is C24H27ClFNO4. The van der Waals surface area contributed by atoms with Crippen molar-refractivity contribution in [2.45, 2.75) is 58.8 Å². The van der Waals surface area contributed by atoms with Crippen LogP contribution in [0, 0.1) is 12.7 Å². The monoisotopic (exact) mass is 447 g/mol. The Hall–Kier alpha value is -2.60. The summed E-state index contributed by atoms with van der Waals surface area (Å²) in [7, 11) is 0. The number of aryl methyl sites for hydroxylation is 1. The molecular weight excluding hydrogens is 421 g/mol. The van der Waals surface area contributed by atoms with Crippen molar-refractivity contribution in [2.75, 3.05) is 6.54 Å². The molecule has 0 radical (unpaired) electrons. The number of ether oxygens (including phenoxy) is 2. The number of carbonyl (C=O) groups is 2. The number of halogens is 2. The fourth-order valence-corrected chi connectivity index (χ4v) is 3.54. The predicted molar refractivity (Wildman–Crippen MR) is 117 cm³/mol. The maximum Gasteiger partial charge on any atom is 0.341 e. The van der Waals surface area contributed by atoms with Crippen molar-refractivity contribution in [2.24, 2.45) is 0 Å². The first-order valence-corrected chi connectivity index (χ1v) is 10.6. The lowest BCUT2D eigenvalue weighted by Gasteiger charge is -2.33. The van der Waals surface area contributed by atoms with E-state index in [1.807, 2.05) is 31.2 Å². The van der Waals surface area contributed by atoms with Crippen LogP contribution in [-0.2, 0) is 16.1 Å². The lowest BCUT2D eigenvalue weighted by atomic mass is 10.1. The molecule has 5 nitrogen and oxygen atoms in total. The standard InChI is InChI=1S/C24H27ClFNO4/c1-15-5-7-16(8-6-15)13-27-14-17(9-10-22(27)28)30-21-12-20(26)18(11-19(21)25)23(29)31-24(2,3)4/h5-8,11-12,17H,9-10,13-14H2,1-4H3/t17-/m1/s1. The molecule has 0 aromatic heterocycles. The smallest absolute Gasteiger partial charge is 0.341 e. The summed E-state index contributed by atoms with van der Waals surface area (Å²) in [5.74, 6) is -1.36. The van der Waals surface area contributed by atoms with Crippen LogP contribution in [0.15, 0.2) is 36.4 Å². The molecule has 0 N–H and O–H groups in total. The molecule has 0 saturated carbocycles. The quantitative estimate of drug-likeness (QED) is 0.582. The van der Waals surface area contributed by atoms with Crippen LogP contribution in [0.3, 0.4) is 0 Å². The van der Waals surface area contributed by atoms with Crippen LogP contribution in [-0.4, -0.2) is 35.0 Å². The molecule has 1 atom stereocenters. The third kappa shape index (κ3) is 6.20. The summed E-state index contributed by atoms with van der Waals surface area (Å²) in [5.41, 5.74) is 1.19. The molecule has 2 aromatic rings. The van der Waals surface area contributed by atoms with Crippen molar-refractivity contribution >= 4 is 23.5 Å². The maximum atomic E-state index is 14.6. The Labute approximate surface area is 187 Å². The average molecular weight is 448 g/mol. The zero-order valence-electron chi connectivity index (χ0n) is 18.2. The van der Waals surface area contributed by atoms with E-state index in [4.69, 9.17) is 21.1 Å². The number of hydrogen-bond donors (Lipinski definition) is 0. The van der Waals surface area contributed by atoms with E-state index in [0.717, 1.165) is 17.2 Å². The van der Waals surface area contributed by atoms with Crippen molar-refractivity contribution in [3.8, 4) is 5.75 Å². The second-order valence-corrected chi connectivity index (χ2v) is 9.21. The number of amides is 1. The average Bonchev–Trinajstić information content (AvgIpc) is 2.67. The van der Waals surface area contributed by atoms with E-state index in [1.165, 1.54) is 6.07 Å². The van der Waals surface area contributed by atoms with E-state index < -0.39 is 17.4 Å². The summed E-state index contributed by atoms with van der Waals surface area (Å²) < 4.78 is 25.7. The Balaban J connectivity index is 1.70. The van der Waals surface area contributed by atoms with Crippen molar-refractivity contribution < 1.29 is 23.5 Å². The van der Waals surface area contributed by atoms with Gasteiger partial charge in [0, 0.05) is 19.0 Å². The van der Waals surface area contributed by atoms with Crippen LogP contribution in [0.25, 0.3) is 0 Å². The summed E-state index contributed by atoms with van der Waals surface area (Å²) in [6.45, 7) is 7.98. The van der Waals surface area contributed by atoms with Gasteiger partial charge in [-0.15, -0.1) is 0 Å². The lowest BCUT2D eigenvalue weighted by molar-refractivity contribution is -0.136. The molecule has 0 spiro atoms. The highest BCUT2D eigenvalue weighted by atomic mass is 35.5. The topological polar surface area (TPSA) is 55.8 Å². The van der Waals surface area contributed by atoms with Gasteiger partial charge in [-0.25, -0.2) is 9.18 Å². The largest absolute Gasteiger partial charge is 0.487 e. The molecule has 1 saturated heterocycles. The molecule has 0 bridgehead atoms. The van der Waals surface area contributed by atoms with Gasteiger partial charge in [0.25, 0.3) is 0 Å². The van der Waals surface area contributed by atoms with E-state index in [2.05, 4.69) is 0 Å². The Bertz CT molecular complexity index is 969. The number of nitrogens with zero attached hydrogens (tertiary/aromatic N) is 1. The number of carbonyl (C=O) groups excluding carboxylic acids is 2. The number of esters is 1. The lowest BCUT2D eigenvalue weighted by Crippen LogP contribution is -2.44. The number of hydrogen-bond acceptors (Lipinski definition) is 4. The molecule has 7 heteroatoms. The maximum absolute atomic E-state index is 14.6. The van der Waals surface area contributed by atoms with Crippen molar-refractivity contribution in [1.29, 1.82) is 0 Å². The van der Waals surface area contributed by atoms with Gasteiger partial charge in [-0.3, -0.25) is 4.79 Å². The zero-order valence-corrected chi connectivity index (χ0v) is 19.0. The summed E-state index contributed by atoms with van der Waals surface area (Å²) in [4.78, 5) is 26.3. The third-order valence-electron chi connectivity index (χ3n) is 4.88. The SMILES string of the molecule is Cc1ccc(CN2C[C@H](Oc3cc(F)c(C(=O)OC(C)(C)C)cc3Cl)CCC2=O)cc1. The minimum Gasteiger partial charge on any atom is -0.487 e. The van der Waals surface area contributed by atoms with Gasteiger partial charge >= 0.3 is 5.97 Å². The number of benzene rings is 2. The molecule has 2 aromatic carbocycles. The van der Waals surface area contributed by atoms with Gasteiger partial charge in [0.1, 0.15) is 23.3 Å². The minimum absolute atomic E-state index is 0.0537. The van der Waals surface area contributed by atoms with Crippen LogP contribution in [0.4, 0.5) is 4.39 Å². The van der Waals surface area contributed by atoms with E-state index in [0.29, 0.717) is 25.9 Å². The van der Waals surface area contributed by atoms with Crippen molar-refractivity contribution in [1.82, 2.24) is 4.90 Å². The molecule has 1 heterocycles. The molecule has 1 amide bonds. The van der Waals surface area contributed by atoms with Crippen LogP contribution < -0.4 is 4.74 Å². The van der Waals surface area contributed by atoms with Gasteiger partial charge in [-0.05, 0) is 45.7 Å². The highest BCUT2D eigenvalue weighted by Gasteiger charge is 2.28. The van der Waals surface area contributed by atoms with Gasteiger partial charge in [-0.2, -0.15) is 0 Å². The number of likely N-dealkylation sites (tertiary alicyclic amines) is 1. The summed E-state index contributed by atoms with van der Waals surface area (Å²) in [6.07, 6.45) is 0.522. The van der Waals surface area contributed by atoms with Crippen LogP contribution in [0.1, 0.15) is 55.1 Å². The number of piperidine rings is 1. The van der Waals surface area contributed by atoms with E-state index in [-0.39, 0.29) is 28.3 Å². The van der Waals surface area contributed by atoms with E-state index in [9.17, 15) is 14.0 Å². The third-order valence-corrected chi connectivity index (χ3v) is 5.18. The molecule has 0 unspecified atom stereocenters. The van der Waals surface area contributed by atoms with Gasteiger partial charge in [-0.1, -0.05) is 41.4 Å². The molecule has 1 aliphatic rings. The molecule has 31 heavy (non-hydrogen) atoms. The minimum atomic E-state index is -0.786. The van der Waals surface area contributed by atoms with E-state index >= 15 is 0 Å². The Morgan fingerprint density at radius 2 is 1.90 bits per heavy atom. The van der Waals surface area contributed by atoms with Crippen LogP contribution in [0.5, 0.6) is 5.75 Å². The highest BCUT2D eigenvalue weighted by molar-refractivity contribution is 6.32. The molecule has 0 aliphatic carbocycles. The normalized spacial score (nSPS) is 16.9. The molecule has 1 aliphatic heterocycles. The Morgan fingerprint density at radius 3 is 2.55 bits per heavy atom. The highest BCUT2D eigenvalue weighted by Crippen LogP contribution is 2.31. The fourth-order valence-electron chi connectivity index (χ4n) is 3.33. The van der Waals surface area contributed by atoms with Gasteiger partial charge in [0.15, 0.2) is 0 Å². The summed E-state index contributed by atoms with van der Waals surface area (Å²) in [6, 6.07) is 10.3. The second-order valence-electron chi connectivity index (χ2n) is 8.80. The van der Waals surface area contributed by atoms with E-state index in [1.54, 1.807) is 25.7 Å². The summed E-state index contributed by atoms with van der Waals surface area (Å²) in [5, 5.41) is 0.115. The van der Waals surface area contributed by atoms with Gasteiger partial charge in [0.2, 0.25) is 5.91 Å². The molecule has 166 valence electrons. The predicted octanol–water partition coefficient (Wildman–Crippen LogP) is 5.31. The first kappa shape index (κ1) is 23.1. The van der Waals surface area contributed by atoms with Gasteiger partial charge < -0.3 is 14.4 Å². The van der Waals surface area contributed by atoms with Gasteiger partial charge in [0.05, 0.1) is 17.1 Å². The first-order valence-electron chi connectivity index (χ1n) is 10.2. The Morgan fingerprint density at radius 1 is 1.23 bits per heavy atom. The fraction of sp³-hybridized carbons (Fsp3) is 0.417. The van der Waals surface area contributed by atoms with Crippen LogP contribution >= 0.6 is 11.6 Å². The second kappa shape index (κ2) is 9.27. The van der Waals surface area contributed by atoms with Crippen molar-refractivity contribution in [3.05, 3.63) is 63.9 Å². The zero-order chi connectivity index (χ0) is 22.8. The summed E-state index contributed by atoms with van der Waals surface area (Å²) >= 11 is 6.27.